The molecule has 2 amide bonds. The van der Waals surface area contributed by atoms with Crippen LogP contribution in [0.5, 0.6) is 0 Å². The molecule has 0 aromatic heterocycles. The van der Waals surface area contributed by atoms with E-state index < -0.39 is 11.6 Å². The van der Waals surface area contributed by atoms with Gasteiger partial charge in [0.1, 0.15) is 11.6 Å². The molecule has 0 spiro atoms. The number of rotatable bonds is 3. The van der Waals surface area contributed by atoms with Crippen molar-refractivity contribution in [3.05, 3.63) is 34.9 Å². The first-order valence-electron chi connectivity index (χ1n) is 7.30. The second kappa shape index (κ2) is 5.02. The molecule has 3 rings (SSSR count). The van der Waals surface area contributed by atoms with Crippen LogP contribution in [0.2, 0.25) is 5.02 Å². The third-order valence-electron chi connectivity index (χ3n) is 4.63. The Labute approximate surface area is 129 Å². The third-order valence-corrected chi connectivity index (χ3v) is 4.88. The minimum Gasteiger partial charge on any atom is -0.343 e. The predicted molar refractivity (Wildman–Crippen MR) is 80.7 cm³/mol. The van der Waals surface area contributed by atoms with Gasteiger partial charge in [0.25, 0.3) is 0 Å². The van der Waals surface area contributed by atoms with E-state index in [1.54, 1.807) is 11.8 Å². The molecule has 4 nitrogen and oxygen atoms in total. The average molecular weight is 307 g/mol. The average Bonchev–Trinajstić information content (AvgIpc) is 3.28. The minimum absolute atomic E-state index is 0.0149. The van der Waals surface area contributed by atoms with Crippen molar-refractivity contribution < 1.29 is 9.59 Å². The maximum absolute atomic E-state index is 12.6. The first-order valence-corrected chi connectivity index (χ1v) is 7.67. The highest BCUT2D eigenvalue weighted by molar-refractivity contribution is 6.30. The molecule has 2 fully saturated rings. The molecule has 1 heterocycles. The lowest BCUT2D eigenvalue weighted by atomic mass is 9.88. The number of benzene rings is 1. The molecule has 2 unspecified atom stereocenters. The van der Waals surface area contributed by atoms with Gasteiger partial charge in [-0.3, -0.25) is 9.59 Å². The van der Waals surface area contributed by atoms with Crippen LogP contribution in [-0.4, -0.2) is 28.3 Å². The number of nitrogens with zero attached hydrogens (tertiary/aromatic N) is 1. The van der Waals surface area contributed by atoms with E-state index in [2.05, 4.69) is 5.32 Å². The van der Waals surface area contributed by atoms with Gasteiger partial charge < -0.3 is 10.2 Å². The Kier molecular flexibility index (Phi) is 3.44. The predicted octanol–water partition coefficient (Wildman–Crippen LogP) is 2.36. The highest BCUT2D eigenvalue weighted by Gasteiger charge is 2.56. The monoisotopic (exact) mass is 306 g/mol. The summed E-state index contributed by atoms with van der Waals surface area (Å²) in [4.78, 5) is 26.8. The molecular weight excluding hydrogens is 288 g/mol. The Balaban J connectivity index is 1.92. The van der Waals surface area contributed by atoms with E-state index in [4.69, 9.17) is 11.6 Å². The van der Waals surface area contributed by atoms with Gasteiger partial charge in [0, 0.05) is 11.6 Å². The quantitative estimate of drug-likeness (QED) is 0.932. The number of carbonyl (C=O) groups is 2. The molecule has 21 heavy (non-hydrogen) atoms. The van der Waals surface area contributed by atoms with E-state index in [1.165, 1.54) is 0 Å². The maximum atomic E-state index is 12.6. The van der Waals surface area contributed by atoms with Crippen molar-refractivity contribution >= 4 is 23.4 Å². The van der Waals surface area contributed by atoms with Crippen LogP contribution < -0.4 is 5.32 Å². The SMILES string of the molecule is CC1NC(=O)C(C)(C2CC2)N(Cc2ccc(Cl)cc2)C1=O. The normalized spacial score (nSPS) is 29.5. The molecular formula is C16H19ClN2O2. The number of piperazine rings is 1. The molecule has 1 aromatic carbocycles. The Morgan fingerprint density at radius 1 is 1.29 bits per heavy atom. The van der Waals surface area contributed by atoms with Gasteiger partial charge in [0.2, 0.25) is 11.8 Å². The van der Waals surface area contributed by atoms with Gasteiger partial charge in [0.15, 0.2) is 0 Å². The van der Waals surface area contributed by atoms with Crippen molar-refractivity contribution in [3.8, 4) is 0 Å². The number of nitrogens with one attached hydrogen (secondary N) is 1. The first kappa shape index (κ1) is 14.4. The van der Waals surface area contributed by atoms with Crippen molar-refractivity contribution in [1.82, 2.24) is 10.2 Å². The van der Waals surface area contributed by atoms with Crippen molar-refractivity contribution in [2.75, 3.05) is 0 Å². The Hall–Kier alpha value is -1.55. The molecule has 112 valence electrons. The molecule has 1 saturated carbocycles. The van der Waals surface area contributed by atoms with E-state index >= 15 is 0 Å². The molecule has 1 aromatic rings. The summed E-state index contributed by atoms with van der Waals surface area (Å²) in [7, 11) is 0. The van der Waals surface area contributed by atoms with E-state index in [0.29, 0.717) is 11.6 Å². The summed E-state index contributed by atoms with van der Waals surface area (Å²) in [5, 5.41) is 3.48. The zero-order valence-corrected chi connectivity index (χ0v) is 13.0. The lowest BCUT2D eigenvalue weighted by Gasteiger charge is -2.46. The largest absolute Gasteiger partial charge is 0.343 e. The van der Waals surface area contributed by atoms with Crippen LogP contribution in [0.3, 0.4) is 0 Å². The highest BCUT2D eigenvalue weighted by atomic mass is 35.5. The lowest BCUT2D eigenvalue weighted by molar-refractivity contribution is -0.158. The fourth-order valence-electron chi connectivity index (χ4n) is 3.06. The summed E-state index contributed by atoms with van der Waals surface area (Å²) in [5.41, 5.74) is 0.255. The summed E-state index contributed by atoms with van der Waals surface area (Å²) in [6, 6.07) is 6.96. The number of hydrogen-bond donors (Lipinski definition) is 1. The summed E-state index contributed by atoms with van der Waals surface area (Å²) in [6.45, 7) is 4.07. The lowest BCUT2D eigenvalue weighted by Crippen LogP contribution is -2.69. The van der Waals surface area contributed by atoms with E-state index in [9.17, 15) is 9.59 Å². The van der Waals surface area contributed by atoms with E-state index in [0.717, 1.165) is 18.4 Å². The fraction of sp³-hybridized carbons (Fsp3) is 0.500. The van der Waals surface area contributed by atoms with Crippen molar-refractivity contribution in [2.24, 2.45) is 5.92 Å². The fourth-order valence-corrected chi connectivity index (χ4v) is 3.18. The third kappa shape index (κ3) is 2.42. The molecule has 0 radical (unpaired) electrons. The molecule has 1 aliphatic heterocycles. The number of carbonyl (C=O) groups excluding carboxylic acids is 2. The van der Waals surface area contributed by atoms with Gasteiger partial charge in [-0.2, -0.15) is 0 Å². The first-order chi connectivity index (χ1) is 9.92. The van der Waals surface area contributed by atoms with Gasteiger partial charge in [-0.05, 0) is 50.3 Å². The number of amides is 2. The molecule has 2 aliphatic rings. The smallest absolute Gasteiger partial charge is 0.246 e. The van der Waals surface area contributed by atoms with Crippen LogP contribution in [-0.2, 0) is 16.1 Å². The second-order valence-corrected chi connectivity index (χ2v) is 6.60. The molecule has 1 aliphatic carbocycles. The van der Waals surface area contributed by atoms with Crippen molar-refractivity contribution in [3.63, 3.8) is 0 Å². The van der Waals surface area contributed by atoms with Crippen LogP contribution in [0.4, 0.5) is 0 Å². The Bertz CT molecular complexity index is 582. The Morgan fingerprint density at radius 2 is 1.90 bits per heavy atom. The van der Waals surface area contributed by atoms with Crippen molar-refractivity contribution in [1.29, 1.82) is 0 Å². The van der Waals surface area contributed by atoms with Gasteiger partial charge in [0.05, 0.1) is 0 Å². The zero-order chi connectivity index (χ0) is 15.2. The highest BCUT2D eigenvalue weighted by Crippen LogP contribution is 2.45. The van der Waals surface area contributed by atoms with E-state index in [1.807, 2.05) is 31.2 Å². The number of hydrogen-bond acceptors (Lipinski definition) is 2. The molecule has 0 bridgehead atoms. The minimum atomic E-state index is -0.733. The molecule has 5 heteroatoms. The summed E-state index contributed by atoms with van der Waals surface area (Å²) >= 11 is 5.90. The number of halogens is 1. The topological polar surface area (TPSA) is 49.4 Å². The summed E-state index contributed by atoms with van der Waals surface area (Å²) < 4.78 is 0. The van der Waals surface area contributed by atoms with Gasteiger partial charge >= 0.3 is 0 Å². The summed E-state index contributed by atoms with van der Waals surface area (Å²) in [5.74, 6) is 0.214. The van der Waals surface area contributed by atoms with E-state index in [-0.39, 0.29) is 17.7 Å². The van der Waals surface area contributed by atoms with Gasteiger partial charge in [-0.25, -0.2) is 0 Å². The Morgan fingerprint density at radius 3 is 2.48 bits per heavy atom. The summed E-state index contributed by atoms with van der Waals surface area (Å²) in [6.07, 6.45) is 2.01. The van der Waals surface area contributed by atoms with Crippen LogP contribution in [0, 0.1) is 5.92 Å². The van der Waals surface area contributed by atoms with Crippen LogP contribution >= 0.6 is 11.6 Å². The molecule has 1 saturated heterocycles. The maximum Gasteiger partial charge on any atom is 0.246 e. The van der Waals surface area contributed by atoms with Crippen LogP contribution in [0.15, 0.2) is 24.3 Å². The zero-order valence-electron chi connectivity index (χ0n) is 12.2. The second-order valence-electron chi connectivity index (χ2n) is 6.17. The van der Waals surface area contributed by atoms with Crippen LogP contribution in [0.25, 0.3) is 0 Å². The standard InChI is InChI=1S/C16H19ClN2O2/c1-10-14(20)19(9-11-3-7-13(17)8-4-11)16(2,12-5-6-12)15(21)18-10/h3-4,7-8,10,12H,5-6,9H2,1-2H3,(H,18,21). The molecule has 1 N–H and O–H groups in total. The van der Waals surface area contributed by atoms with Crippen molar-refractivity contribution in [2.45, 2.75) is 44.8 Å². The molecule has 2 atom stereocenters. The van der Waals surface area contributed by atoms with Crippen LogP contribution in [0.1, 0.15) is 32.3 Å². The van der Waals surface area contributed by atoms with Gasteiger partial charge in [-0.1, -0.05) is 23.7 Å². The van der Waals surface area contributed by atoms with Gasteiger partial charge in [-0.15, -0.1) is 0 Å².